The summed E-state index contributed by atoms with van der Waals surface area (Å²) >= 11 is 5.63. The van der Waals surface area contributed by atoms with Gasteiger partial charge in [0, 0.05) is 5.69 Å². The maximum Gasteiger partial charge on any atom is 0.258 e. The van der Waals surface area contributed by atoms with E-state index < -0.39 is 17.6 Å². The number of rotatable bonds is 7. The zero-order chi connectivity index (χ0) is 18.2. The third-order valence-corrected chi connectivity index (χ3v) is 3.37. The quantitative estimate of drug-likeness (QED) is 0.789. The van der Waals surface area contributed by atoms with Crippen LogP contribution < -0.4 is 20.1 Å². The Bertz CT molecular complexity index is 770. The summed E-state index contributed by atoms with van der Waals surface area (Å²) in [4.78, 5) is 23.5. The lowest BCUT2D eigenvalue weighted by Crippen LogP contribution is -2.35. The highest BCUT2D eigenvalue weighted by atomic mass is 35.5. The number of amides is 2. The fourth-order valence-electron chi connectivity index (χ4n) is 1.89. The molecule has 8 heteroatoms. The number of hydrogen-bond donors (Lipinski definition) is 2. The summed E-state index contributed by atoms with van der Waals surface area (Å²) in [7, 11) is 1.49. The van der Waals surface area contributed by atoms with Crippen LogP contribution in [-0.4, -0.2) is 32.1 Å². The highest BCUT2D eigenvalue weighted by Crippen LogP contribution is 2.25. The monoisotopic (exact) mass is 366 g/mol. The van der Waals surface area contributed by atoms with Crippen LogP contribution in [0.5, 0.6) is 11.5 Å². The summed E-state index contributed by atoms with van der Waals surface area (Å²) in [5.41, 5.74) is 0.330. The number of carbonyl (C=O) groups is 2. The lowest BCUT2D eigenvalue weighted by Gasteiger charge is -2.10. The van der Waals surface area contributed by atoms with E-state index in [1.54, 1.807) is 24.3 Å². The van der Waals surface area contributed by atoms with Crippen LogP contribution in [0.1, 0.15) is 0 Å². The van der Waals surface area contributed by atoms with Crippen LogP contribution in [0.2, 0.25) is 5.02 Å². The van der Waals surface area contributed by atoms with E-state index in [4.69, 9.17) is 21.1 Å². The Hall–Kier alpha value is -2.80. The average Bonchev–Trinajstić information content (AvgIpc) is 2.61. The van der Waals surface area contributed by atoms with Gasteiger partial charge in [-0.3, -0.25) is 9.59 Å². The maximum absolute atomic E-state index is 13.0. The van der Waals surface area contributed by atoms with Gasteiger partial charge >= 0.3 is 0 Å². The predicted molar refractivity (Wildman–Crippen MR) is 91.5 cm³/mol. The molecule has 132 valence electrons. The van der Waals surface area contributed by atoms with E-state index in [2.05, 4.69) is 10.6 Å². The van der Waals surface area contributed by atoms with E-state index >= 15 is 0 Å². The molecule has 6 nitrogen and oxygen atoms in total. The van der Waals surface area contributed by atoms with Crippen molar-refractivity contribution in [3.63, 3.8) is 0 Å². The molecule has 0 aromatic heterocycles. The summed E-state index contributed by atoms with van der Waals surface area (Å²) in [6.45, 7) is -0.529. The highest BCUT2D eigenvalue weighted by molar-refractivity contribution is 6.31. The molecular weight excluding hydrogens is 351 g/mol. The average molecular weight is 367 g/mol. The van der Waals surface area contributed by atoms with Gasteiger partial charge in [-0.2, -0.15) is 0 Å². The lowest BCUT2D eigenvalue weighted by molar-refractivity contribution is -0.125. The summed E-state index contributed by atoms with van der Waals surface area (Å²) in [6, 6.07) is 10.7. The van der Waals surface area contributed by atoms with Crippen LogP contribution >= 0.6 is 11.6 Å². The van der Waals surface area contributed by atoms with Crippen molar-refractivity contribution in [2.45, 2.75) is 0 Å². The molecule has 0 atom stereocenters. The topological polar surface area (TPSA) is 76.7 Å². The first-order valence-electron chi connectivity index (χ1n) is 7.27. The molecule has 25 heavy (non-hydrogen) atoms. The molecule has 2 aromatic carbocycles. The maximum atomic E-state index is 13.0. The molecule has 0 heterocycles. The Morgan fingerprint density at radius 2 is 1.84 bits per heavy atom. The standard InChI is InChI=1S/C17H16ClFN2O4/c1-24-14-4-2-3-5-15(14)25-10-17(23)20-9-16(22)21-11-6-7-13(19)12(18)8-11/h2-8H,9-10H2,1H3,(H,20,23)(H,21,22). The molecule has 0 bridgehead atoms. The molecule has 0 unspecified atom stereocenters. The number of hydrogen-bond acceptors (Lipinski definition) is 4. The normalized spacial score (nSPS) is 10.0. The van der Waals surface area contributed by atoms with Gasteiger partial charge in [0.2, 0.25) is 5.91 Å². The number of carbonyl (C=O) groups excluding carboxylic acids is 2. The van der Waals surface area contributed by atoms with Gasteiger partial charge in [0.15, 0.2) is 18.1 Å². The molecule has 0 saturated carbocycles. The number of halogens is 2. The SMILES string of the molecule is COc1ccccc1OCC(=O)NCC(=O)Nc1ccc(F)c(Cl)c1. The fraction of sp³-hybridized carbons (Fsp3) is 0.176. The summed E-state index contributed by atoms with van der Waals surface area (Å²) < 4.78 is 23.5. The van der Waals surface area contributed by atoms with Gasteiger partial charge < -0.3 is 20.1 Å². The number of para-hydroxylation sites is 2. The van der Waals surface area contributed by atoms with Crippen molar-refractivity contribution in [1.29, 1.82) is 0 Å². The number of benzene rings is 2. The predicted octanol–water partition coefficient (Wildman–Crippen LogP) is 2.62. The van der Waals surface area contributed by atoms with Crippen molar-refractivity contribution in [3.8, 4) is 11.5 Å². The molecular formula is C17H16ClFN2O4. The highest BCUT2D eigenvalue weighted by Gasteiger charge is 2.09. The molecule has 2 aromatic rings. The van der Waals surface area contributed by atoms with Gasteiger partial charge in [0.25, 0.3) is 5.91 Å². The minimum atomic E-state index is -0.582. The number of ether oxygens (including phenoxy) is 2. The molecule has 0 radical (unpaired) electrons. The Morgan fingerprint density at radius 1 is 1.12 bits per heavy atom. The van der Waals surface area contributed by atoms with Crippen LogP contribution in [0.3, 0.4) is 0 Å². The van der Waals surface area contributed by atoms with E-state index in [-0.39, 0.29) is 18.2 Å². The molecule has 0 saturated heterocycles. The van der Waals surface area contributed by atoms with E-state index in [0.29, 0.717) is 17.2 Å². The van der Waals surface area contributed by atoms with Crippen molar-refractivity contribution < 1.29 is 23.5 Å². The van der Waals surface area contributed by atoms with E-state index in [1.165, 1.54) is 19.2 Å². The van der Waals surface area contributed by atoms with Crippen molar-refractivity contribution in [2.24, 2.45) is 0 Å². The zero-order valence-electron chi connectivity index (χ0n) is 13.3. The van der Waals surface area contributed by atoms with Gasteiger partial charge in [-0.1, -0.05) is 23.7 Å². The van der Waals surface area contributed by atoms with Gasteiger partial charge in [-0.15, -0.1) is 0 Å². The molecule has 0 aliphatic rings. The van der Waals surface area contributed by atoms with Crippen LogP contribution in [0.25, 0.3) is 0 Å². The van der Waals surface area contributed by atoms with Crippen molar-refractivity contribution in [3.05, 3.63) is 53.3 Å². The molecule has 0 aliphatic heterocycles. The second-order valence-electron chi connectivity index (χ2n) is 4.89. The zero-order valence-corrected chi connectivity index (χ0v) is 14.1. The van der Waals surface area contributed by atoms with Gasteiger partial charge in [0.05, 0.1) is 18.7 Å². The minimum Gasteiger partial charge on any atom is -0.493 e. The first kappa shape index (κ1) is 18.5. The van der Waals surface area contributed by atoms with E-state index in [0.717, 1.165) is 6.07 Å². The first-order chi connectivity index (χ1) is 12.0. The van der Waals surface area contributed by atoms with Crippen molar-refractivity contribution >= 4 is 29.1 Å². The van der Waals surface area contributed by atoms with Crippen molar-refractivity contribution in [2.75, 3.05) is 25.6 Å². The van der Waals surface area contributed by atoms with Gasteiger partial charge in [0.1, 0.15) is 5.82 Å². The Balaban J connectivity index is 1.77. The summed E-state index contributed by atoms with van der Waals surface area (Å²) in [6.07, 6.45) is 0. The molecule has 0 aliphatic carbocycles. The Labute approximate surface area is 148 Å². The number of methoxy groups -OCH3 is 1. The van der Waals surface area contributed by atoms with Crippen LogP contribution in [0.4, 0.5) is 10.1 Å². The van der Waals surface area contributed by atoms with Crippen LogP contribution in [0.15, 0.2) is 42.5 Å². The third kappa shape index (κ3) is 5.65. The minimum absolute atomic E-state index is 0.105. The van der Waals surface area contributed by atoms with Crippen LogP contribution in [0, 0.1) is 5.82 Å². The summed E-state index contributed by atoms with van der Waals surface area (Å²) in [5.74, 6) is -0.611. The third-order valence-electron chi connectivity index (χ3n) is 3.08. The van der Waals surface area contributed by atoms with Crippen LogP contribution in [-0.2, 0) is 9.59 Å². The van der Waals surface area contributed by atoms with Gasteiger partial charge in [-0.25, -0.2) is 4.39 Å². The second-order valence-corrected chi connectivity index (χ2v) is 5.30. The molecule has 2 amide bonds. The molecule has 0 fully saturated rings. The largest absolute Gasteiger partial charge is 0.493 e. The smallest absolute Gasteiger partial charge is 0.258 e. The molecule has 2 rings (SSSR count). The Morgan fingerprint density at radius 3 is 2.52 bits per heavy atom. The van der Waals surface area contributed by atoms with Crippen molar-refractivity contribution in [1.82, 2.24) is 5.32 Å². The molecule has 0 spiro atoms. The van der Waals surface area contributed by atoms with E-state index in [9.17, 15) is 14.0 Å². The lowest BCUT2D eigenvalue weighted by atomic mass is 10.3. The Kier molecular flexibility index (Phi) is 6.59. The fourth-order valence-corrected chi connectivity index (χ4v) is 2.07. The second kappa shape index (κ2) is 8.89. The number of anilines is 1. The molecule has 2 N–H and O–H groups in total. The van der Waals surface area contributed by atoms with Gasteiger partial charge in [-0.05, 0) is 30.3 Å². The first-order valence-corrected chi connectivity index (χ1v) is 7.65. The van der Waals surface area contributed by atoms with E-state index in [1.807, 2.05) is 0 Å². The number of nitrogens with one attached hydrogen (secondary N) is 2. The summed E-state index contributed by atoms with van der Waals surface area (Å²) in [5, 5.41) is 4.80.